The molecule has 0 aromatic carbocycles. The Hall–Kier alpha value is -2.77. The Morgan fingerprint density at radius 3 is 2.96 bits per heavy atom. The van der Waals surface area contributed by atoms with Crippen LogP contribution in [0.2, 0.25) is 0 Å². The highest BCUT2D eigenvalue weighted by atomic mass is 16.5. The molecule has 0 radical (unpaired) electrons. The number of amides is 2. The fraction of sp³-hybridized carbons (Fsp3) is 0.471. The summed E-state index contributed by atoms with van der Waals surface area (Å²) in [6.45, 7) is 3.03. The minimum atomic E-state index is -0.348. The average molecular weight is 343 g/mol. The Kier molecular flexibility index (Phi) is 5.06. The van der Waals surface area contributed by atoms with Crippen LogP contribution in [-0.2, 0) is 29.1 Å². The van der Waals surface area contributed by atoms with E-state index in [1.807, 2.05) is 25.1 Å². The molecule has 0 bridgehead atoms. The summed E-state index contributed by atoms with van der Waals surface area (Å²) in [6, 6.07) is 5.59. The zero-order valence-corrected chi connectivity index (χ0v) is 14.4. The predicted octanol–water partition coefficient (Wildman–Crippen LogP) is 1.03. The maximum atomic E-state index is 12.6. The molecule has 1 aliphatic heterocycles. The van der Waals surface area contributed by atoms with Crippen molar-refractivity contribution in [1.29, 1.82) is 0 Å². The van der Waals surface area contributed by atoms with E-state index in [9.17, 15) is 9.59 Å². The number of aromatic nitrogens is 3. The molecule has 0 aliphatic carbocycles. The van der Waals surface area contributed by atoms with E-state index >= 15 is 0 Å². The highest BCUT2D eigenvalue weighted by Gasteiger charge is 2.36. The van der Waals surface area contributed by atoms with Crippen LogP contribution >= 0.6 is 0 Å². The molecule has 0 spiro atoms. The first-order valence-electron chi connectivity index (χ1n) is 8.31. The average Bonchev–Trinajstić information content (AvgIpc) is 3.22. The molecule has 2 amide bonds. The smallest absolute Gasteiger partial charge is 0.228 e. The Balaban J connectivity index is 1.58. The van der Waals surface area contributed by atoms with Gasteiger partial charge in [0.2, 0.25) is 17.7 Å². The van der Waals surface area contributed by atoms with Crippen molar-refractivity contribution in [2.75, 3.05) is 13.6 Å². The maximum absolute atomic E-state index is 12.6. The number of likely N-dealkylation sites (tertiary alicyclic amines) is 1. The summed E-state index contributed by atoms with van der Waals surface area (Å²) in [6.07, 6.45) is 2.58. The second-order valence-corrected chi connectivity index (χ2v) is 6.15. The number of carbonyl (C=O) groups excluding carboxylic acids is 2. The molecule has 1 saturated heterocycles. The van der Waals surface area contributed by atoms with Crippen molar-refractivity contribution in [3.8, 4) is 0 Å². The fourth-order valence-electron chi connectivity index (χ4n) is 2.88. The van der Waals surface area contributed by atoms with Crippen LogP contribution in [0.4, 0.5) is 0 Å². The second kappa shape index (κ2) is 7.42. The molecule has 8 nitrogen and oxygen atoms in total. The first kappa shape index (κ1) is 17.1. The minimum absolute atomic E-state index is 0.0229. The predicted molar refractivity (Wildman–Crippen MR) is 87.9 cm³/mol. The minimum Gasteiger partial charge on any atom is -0.339 e. The van der Waals surface area contributed by atoms with Crippen LogP contribution in [-0.4, -0.2) is 50.3 Å². The molecule has 2 aromatic heterocycles. The lowest BCUT2D eigenvalue weighted by Crippen LogP contribution is -2.34. The van der Waals surface area contributed by atoms with Gasteiger partial charge >= 0.3 is 0 Å². The van der Waals surface area contributed by atoms with Crippen LogP contribution in [0.25, 0.3) is 0 Å². The Bertz CT molecular complexity index is 746. The molecule has 25 heavy (non-hydrogen) atoms. The largest absolute Gasteiger partial charge is 0.339 e. The first-order chi connectivity index (χ1) is 12.1. The molecule has 0 N–H and O–H groups in total. The van der Waals surface area contributed by atoms with Gasteiger partial charge in [-0.3, -0.25) is 14.6 Å². The van der Waals surface area contributed by atoms with Crippen molar-refractivity contribution >= 4 is 11.8 Å². The first-order valence-corrected chi connectivity index (χ1v) is 8.31. The quantitative estimate of drug-likeness (QED) is 0.778. The fourth-order valence-corrected chi connectivity index (χ4v) is 2.88. The Morgan fingerprint density at radius 2 is 2.28 bits per heavy atom. The van der Waals surface area contributed by atoms with Gasteiger partial charge in [-0.25, -0.2) is 0 Å². The number of aryl methyl sites for hydroxylation is 1. The highest BCUT2D eigenvalue weighted by molar-refractivity contribution is 5.89. The van der Waals surface area contributed by atoms with E-state index in [1.54, 1.807) is 23.0 Å². The third-order valence-corrected chi connectivity index (χ3v) is 4.21. The van der Waals surface area contributed by atoms with Crippen molar-refractivity contribution in [3.05, 3.63) is 41.8 Å². The molecule has 0 saturated carbocycles. The topological polar surface area (TPSA) is 92.4 Å². The molecule has 8 heteroatoms. The number of rotatable bonds is 6. The molecular weight excluding hydrogens is 322 g/mol. The van der Waals surface area contributed by atoms with E-state index in [2.05, 4.69) is 15.1 Å². The van der Waals surface area contributed by atoms with Crippen molar-refractivity contribution in [2.45, 2.75) is 32.9 Å². The molecule has 0 unspecified atom stereocenters. The summed E-state index contributed by atoms with van der Waals surface area (Å²) < 4.78 is 5.05. The number of hydrogen-bond acceptors (Lipinski definition) is 6. The van der Waals surface area contributed by atoms with Gasteiger partial charge in [0.15, 0.2) is 5.82 Å². The number of nitrogens with zero attached hydrogens (tertiary/aromatic N) is 5. The normalized spacial score (nSPS) is 17.1. The lowest BCUT2D eigenvalue weighted by atomic mass is 10.1. The third kappa shape index (κ3) is 4.01. The summed E-state index contributed by atoms with van der Waals surface area (Å²) in [7, 11) is 1.69. The molecule has 132 valence electrons. The van der Waals surface area contributed by atoms with Gasteiger partial charge in [-0.2, -0.15) is 4.98 Å². The van der Waals surface area contributed by atoms with E-state index < -0.39 is 0 Å². The third-order valence-electron chi connectivity index (χ3n) is 4.21. The standard InChI is InChI=1S/C17H21N5O3/c1-3-15-19-14(20-25-15)11-21(2)17(24)12-8-16(23)22(9-12)10-13-6-4-5-7-18-13/h4-7,12H,3,8-11H2,1-2H3/t12-/m0/s1. The summed E-state index contributed by atoms with van der Waals surface area (Å²) in [5, 5.41) is 3.86. The number of pyridine rings is 1. The van der Waals surface area contributed by atoms with E-state index in [4.69, 9.17) is 4.52 Å². The van der Waals surface area contributed by atoms with Crippen molar-refractivity contribution in [3.63, 3.8) is 0 Å². The Morgan fingerprint density at radius 1 is 1.44 bits per heavy atom. The lowest BCUT2D eigenvalue weighted by molar-refractivity contribution is -0.135. The Labute approximate surface area is 145 Å². The number of hydrogen-bond donors (Lipinski definition) is 0. The second-order valence-electron chi connectivity index (χ2n) is 6.15. The van der Waals surface area contributed by atoms with E-state index in [0.29, 0.717) is 31.2 Å². The van der Waals surface area contributed by atoms with E-state index in [-0.39, 0.29) is 30.7 Å². The van der Waals surface area contributed by atoms with Crippen molar-refractivity contribution in [1.82, 2.24) is 24.9 Å². The van der Waals surface area contributed by atoms with E-state index in [0.717, 1.165) is 5.69 Å². The SMILES string of the molecule is CCc1nc(CN(C)C(=O)[C@H]2CC(=O)N(Cc3ccccn3)C2)no1. The lowest BCUT2D eigenvalue weighted by Gasteiger charge is -2.20. The highest BCUT2D eigenvalue weighted by Crippen LogP contribution is 2.22. The summed E-state index contributed by atoms with van der Waals surface area (Å²) in [5.74, 6) is 0.569. The van der Waals surface area contributed by atoms with Gasteiger partial charge in [0, 0.05) is 32.6 Å². The molecular formula is C17H21N5O3. The van der Waals surface area contributed by atoms with Crippen LogP contribution < -0.4 is 0 Å². The summed E-state index contributed by atoms with van der Waals surface area (Å²) in [5.41, 5.74) is 0.816. The van der Waals surface area contributed by atoms with Gasteiger partial charge in [-0.1, -0.05) is 18.1 Å². The van der Waals surface area contributed by atoms with Gasteiger partial charge in [-0.05, 0) is 12.1 Å². The number of carbonyl (C=O) groups is 2. The van der Waals surface area contributed by atoms with Crippen LogP contribution in [0, 0.1) is 5.92 Å². The summed E-state index contributed by atoms with van der Waals surface area (Å²) in [4.78, 5) is 36.5. The van der Waals surface area contributed by atoms with Crippen molar-refractivity contribution < 1.29 is 14.1 Å². The zero-order valence-electron chi connectivity index (χ0n) is 14.4. The van der Waals surface area contributed by atoms with Gasteiger partial charge in [0.1, 0.15) is 0 Å². The van der Waals surface area contributed by atoms with Crippen molar-refractivity contribution in [2.24, 2.45) is 5.92 Å². The van der Waals surface area contributed by atoms with Crippen LogP contribution in [0.15, 0.2) is 28.9 Å². The van der Waals surface area contributed by atoms with Gasteiger partial charge in [0.25, 0.3) is 0 Å². The molecule has 2 aromatic rings. The van der Waals surface area contributed by atoms with Gasteiger partial charge < -0.3 is 14.3 Å². The molecule has 1 atom stereocenters. The van der Waals surface area contributed by atoms with Crippen LogP contribution in [0.1, 0.15) is 30.8 Å². The van der Waals surface area contributed by atoms with E-state index in [1.165, 1.54) is 0 Å². The molecule has 3 heterocycles. The zero-order chi connectivity index (χ0) is 17.8. The van der Waals surface area contributed by atoms with Gasteiger partial charge in [0.05, 0.1) is 24.7 Å². The van der Waals surface area contributed by atoms with Crippen LogP contribution in [0.3, 0.4) is 0 Å². The van der Waals surface area contributed by atoms with Gasteiger partial charge in [-0.15, -0.1) is 0 Å². The molecule has 3 rings (SSSR count). The monoisotopic (exact) mass is 343 g/mol. The maximum Gasteiger partial charge on any atom is 0.228 e. The summed E-state index contributed by atoms with van der Waals surface area (Å²) >= 11 is 0. The van der Waals surface area contributed by atoms with Crippen LogP contribution in [0.5, 0.6) is 0 Å². The molecule has 1 fully saturated rings. The molecule has 1 aliphatic rings.